The van der Waals surface area contributed by atoms with Crippen LogP contribution in [-0.4, -0.2) is 46.5 Å². The first-order chi connectivity index (χ1) is 13.9. The second-order valence-electron chi connectivity index (χ2n) is 8.88. The molecule has 0 aromatic heterocycles. The average molecular weight is 481 g/mol. The van der Waals surface area contributed by atoms with Crippen molar-refractivity contribution in [1.82, 2.24) is 4.90 Å². The Kier molecular flexibility index (Phi) is 5.84. The highest BCUT2D eigenvalue weighted by Crippen LogP contribution is 2.52. The predicted molar refractivity (Wildman–Crippen MR) is 117 cm³/mol. The van der Waals surface area contributed by atoms with Crippen molar-refractivity contribution in [2.45, 2.75) is 63.1 Å². The normalized spacial score (nSPS) is 22.9. The second kappa shape index (κ2) is 7.80. The molecular formula is C22H29BrN2O5. The molecule has 0 saturated heterocycles. The van der Waals surface area contributed by atoms with E-state index in [4.69, 9.17) is 19.9 Å². The summed E-state index contributed by atoms with van der Waals surface area (Å²) in [6.07, 6.45) is 2.20. The third-order valence-electron chi connectivity index (χ3n) is 5.06. The zero-order chi connectivity index (χ0) is 22.4. The molecule has 2 aliphatic rings. The van der Waals surface area contributed by atoms with Crippen LogP contribution in [0.15, 0.2) is 23.9 Å². The minimum absolute atomic E-state index is 0.0551. The summed E-state index contributed by atoms with van der Waals surface area (Å²) >= 11 is 3.55. The molecule has 1 aromatic rings. The largest absolute Gasteiger partial charge is 0.493 e. The van der Waals surface area contributed by atoms with Gasteiger partial charge in [0.1, 0.15) is 15.6 Å². The molecule has 2 unspecified atom stereocenters. The average Bonchev–Trinajstić information content (AvgIpc) is 2.94. The number of carbonyl (C=O) groups is 2. The van der Waals surface area contributed by atoms with Gasteiger partial charge in [-0.1, -0.05) is 15.9 Å². The van der Waals surface area contributed by atoms with Gasteiger partial charge in [-0.05, 0) is 70.4 Å². The van der Waals surface area contributed by atoms with E-state index in [0.29, 0.717) is 30.2 Å². The van der Waals surface area contributed by atoms with Crippen molar-refractivity contribution >= 4 is 27.8 Å². The summed E-state index contributed by atoms with van der Waals surface area (Å²) in [6.45, 7) is 9.82. The van der Waals surface area contributed by atoms with Gasteiger partial charge < -0.3 is 24.8 Å². The van der Waals surface area contributed by atoms with Crippen LogP contribution in [0.1, 0.15) is 51.8 Å². The number of primary amides is 1. The molecule has 0 fully saturated rings. The lowest BCUT2D eigenvalue weighted by Crippen LogP contribution is -2.47. The predicted octanol–water partition coefficient (Wildman–Crippen LogP) is 3.24. The first kappa shape index (κ1) is 22.5. The number of halogens is 1. The highest BCUT2D eigenvalue weighted by molar-refractivity contribution is 9.10. The molecule has 2 heterocycles. The topological polar surface area (TPSA) is 91.1 Å². The smallest absolute Gasteiger partial charge is 0.354 e. The highest BCUT2D eigenvalue weighted by atomic mass is 79.9. The van der Waals surface area contributed by atoms with Crippen molar-refractivity contribution in [3.8, 4) is 11.5 Å². The molecule has 2 atom stereocenters. The number of nitrogens with two attached hydrogens (primary N) is 1. The quantitative estimate of drug-likeness (QED) is 0.513. The van der Waals surface area contributed by atoms with Crippen molar-refractivity contribution < 1.29 is 23.8 Å². The summed E-state index contributed by atoms with van der Waals surface area (Å²) in [5.41, 5.74) is 7.36. The highest BCUT2D eigenvalue weighted by Gasteiger charge is 2.54. The summed E-state index contributed by atoms with van der Waals surface area (Å²) in [6, 6.07) is 3.32. The molecule has 30 heavy (non-hydrogen) atoms. The maximum atomic E-state index is 12.9. The maximum absolute atomic E-state index is 12.9. The summed E-state index contributed by atoms with van der Waals surface area (Å²) in [7, 11) is 1.60. The first-order valence-electron chi connectivity index (χ1n) is 9.96. The number of esters is 1. The van der Waals surface area contributed by atoms with E-state index >= 15 is 0 Å². The Labute approximate surface area is 185 Å². The van der Waals surface area contributed by atoms with Gasteiger partial charge in [0.05, 0.1) is 19.3 Å². The van der Waals surface area contributed by atoms with Gasteiger partial charge in [-0.15, -0.1) is 0 Å². The Morgan fingerprint density at radius 2 is 1.93 bits per heavy atom. The fraction of sp³-hybridized carbons (Fsp3) is 0.545. The molecule has 164 valence electrons. The van der Waals surface area contributed by atoms with Gasteiger partial charge in [0.25, 0.3) is 0 Å². The molecule has 0 spiro atoms. The summed E-state index contributed by atoms with van der Waals surface area (Å²) in [4.78, 5) is 27.3. The van der Waals surface area contributed by atoms with Gasteiger partial charge in [0, 0.05) is 6.54 Å². The molecule has 3 rings (SSSR count). The summed E-state index contributed by atoms with van der Waals surface area (Å²) in [5.74, 6) is 0.156. The number of nitrogens with zero attached hydrogens (tertiary/aromatic N) is 1. The van der Waals surface area contributed by atoms with Crippen molar-refractivity contribution in [2.75, 3.05) is 13.7 Å². The molecule has 8 heteroatoms. The van der Waals surface area contributed by atoms with Crippen molar-refractivity contribution in [3.05, 3.63) is 35.0 Å². The van der Waals surface area contributed by atoms with Crippen molar-refractivity contribution in [3.63, 3.8) is 0 Å². The SMILES string of the molecule is COc1cc2c(cc1OC(C)C)C1N(CC2)C(C(=O)OC(C)(C)C)=CC1(Br)C(N)=O. The van der Waals surface area contributed by atoms with Gasteiger partial charge in [-0.25, -0.2) is 4.79 Å². The van der Waals surface area contributed by atoms with E-state index in [9.17, 15) is 9.59 Å². The Morgan fingerprint density at radius 1 is 1.27 bits per heavy atom. The van der Waals surface area contributed by atoms with Gasteiger partial charge >= 0.3 is 5.97 Å². The number of amides is 1. The van der Waals surface area contributed by atoms with Crippen molar-refractivity contribution in [2.24, 2.45) is 5.73 Å². The number of hydrogen-bond acceptors (Lipinski definition) is 6. The van der Waals surface area contributed by atoms with Crippen LogP contribution in [0.25, 0.3) is 0 Å². The lowest BCUT2D eigenvalue weighted by Gasteiger charge is -2.40. The van der Waals surface area contributed by atoms with Crippen LogP contribution in [0.2, 0.25) is 0 Å². The fourth-order valence-electron chi connectivity index (χ4n) is 3.92. The molecule has 0 bridgehead atoms. The van der Waals surface area contributed by atoms with E-state index in [-0.39, 0.29) is 6.10 Å². The number of rotatable bonds is 5. The van der Waals surface area contributed by atoms with E-state index < -0.39 is 27.8 Å². The third kappa shape index (κ3) is 4.02. The molecule has 7 nitrogen and oxygen atoms in total. The molecule has 0 aliphatic carbocycles. The lowest BCUT2D eigenvalue weighted by atomic mass is 9.86. The van der Waals surface area contributed by atoms with E-state index in [2.05, 4.69) is 15.9 Å². The molecular weight excluding hydrogens is 452 g/mol. The molecule has 2 N–H and O–H groups in total. The van der Waals surface area contributed by atoms with Crippen molar-refractivity contribution in [1.29, 1.82) is 0 Å². The van der Waals surface area contributed by atoms with Crippen LogP contribution in [0, 0.1) is 0 Å². The molecule has 1 aromatic carbocycles. The number of carbonyl (C=O) groups excluding carboxylic acids is 2. The lowest BCUT2D eigenvalue weighted by molar-refractivity contribution is -0.152. The van der Waals surface area contributed by atoms with Gasteiger partial charge in [-0.2, -0.15) is 0 Å². The molecule has 1 amide bonds. The monoisotopic (exact) mass is 480 g/mol. The Bertz CT molecular complexity index is 906. The second-order valence-corrected chi connectivity index (χ2v) is 10.2. The maximum Gasteiger partial charge on any atom is 0.354 e. The Morgan fingerprint density at radius 3 is 2.47 bits per heavy atom. The number of methoxy groups -OCH3 is 1. The molecule has 2 aliphatic heterocycles. The standard InChI is InChI=1S/C22H29BrN2O5/c1-12(2)29-17-10-14-13(9-16(17)28-6)7-8-25-15(19(26)30-21(3,4)5)11-22(23,18(14)25)20(24)27/h9-12,18H,7-8H2,1-6H3,(H2,24,27). The van der Waals surface area contributed by atoms with Crippen LogP contribution in [0.3, 0.4) is 0 Å². The Hall–Kier alpha value is -2.22. The van der Waals surface area contributed by atoms with E-state index in [1.165, 1.54) is 0 Å². The zero-order valence-corrected chi connectivity index (χ0v) is 19.8. The van der Waals surface area contributed by atoms with Gasteiger partial charge in [0.15, 0.2) is 11.5 Å². The van der Waals surface area contributed by atoms with Gasteiger partial charge in [-0.3, -0.25) is 4.79 Å². The minimum Gasteiger partial charge on any atom is -0.493 e. The fourth-order valence-corrected chi connectivity index (χ4v) is 4.63. The summed E-state index contributed by atoms with van der Waals surface area (Å²) in [5, 5.41) is 0. The van der Waals surface area contributed by atoms with Gasteiger partial charge in [0.2, 0.25) is 5.91 Å². The van der Waals surface area contributed by atoms with Crippen LogP contribution >= 0.6 is 15.9 Å². The van der Waals surface area contributed by atoms with Crippen LogP contribution in [0.5, 0.6) is 11.5 Å². The number of fused-ring (bicyclic) bond motifs is 3. The van der Waals surface area contributed by atoms with E-state index in [1.54, 1.807) is 34.0 Å². The van der Waals surface area contributed by atoms with Crippen LogP contribution in [0.4, 0.5) is 0 Å². The molecule has 0 radical (unpaired) electrons. The third-order valence-corrected chi connectivity index (χ3v) is 6.11. The number of benzene rings is 1. The summed E-state index contributed by atoms with van der Waals surface area (Å²) < 4.78 is 15.8. The van der Waals surface area contributed by atoms with E-state index in [0.717, 1.165) is 11.1 Å². The number of hydrogen-bond donors (Lipinski definition) is 1. The number of alkyl halides is 1. The van der Waals surface area contributed by atoms with E-state index in [1.807, 2.05) is 30.9 Å². The number of ether oxygens (including phenoxy) is 3. The minimum atomic E-state index is -1.25. The molecule has 0 saturated carbocycles. The van der Waals surface area contributed by atoms with Crippen LogP contribution < -0.4 is 15.2 Å². The first-order valence-corrected chi connectivity index (χ1v) is 10.8. The zero-order valence-electron chi connectivity index (χ0n) is 18.2. The Balaban J connectivity index is 2.11. The van der Waals surface area contributed by atoms with Crippen LogP contribution in [-0.2, 0) is 20.7 Å².